The van der Waals surface area contributed by atoms with Gasteiger partial charge in [0.1, 0.15) is 5.75 Å². The first-order valence-electron chi connectivity index (χ1n) is 11.6. The molecule has 0 bridgehead atoms. The maximum absolute atomic E-state index is 10.6. The number of allylic oxidation sites excluding steroid dienone is 1. The van der Waals surface area contributed by atoms with Crippen molar-refractivity contribution >= 4 is 0 Å². The molecule has 0 spiro atoms. The third-order valence-corrected chi connectivity index (χ3v) is 8.19. The maximum atomic E-state index is 10.6. The summed E-state index contributed by atoms with van der Waals surface area (Å²) in [4.78, 5) is 0. The highest BCUT2D eigenvalue weighted by molar-refractivity contribution is 5.48. The van der Waals surface area contributed by atoms with Crippen LogP contribution in [0, 0.1) is 0 Å². The van der Waals surface area contributed by atoms with E-state index >= 15 is 0 Å². The van der Waals surface area contributed by atoms with Gasteiger partial charge in [-0.05, 0) is 82.4 Å². The number of rotatable bonds is 6. The first-order chi connectivity index (χ1) is 14.0. The lowest BCUT2D eigenvalue weighted by Crippen LogP contribution is -2.35. The van der Waals surface area contributed by atoms with Gasteiger partial charge < -0.3 is 5.11 Å². The zero-order chi connectivity index (χ0) is 22.3. The van der Waals surface area contributed by atoms with Crippen LogP contribution in [0.4, 0.5) is 0 Å². The molecule has 2 aromatic carbocycles. The zero-order valence-electron chi connectivity index (χ0n) is 20.1. The van der Waals surface area contributed by atoms with Gasteiger partial charge in [-0.3, -0.25) is 0 Å². The molecule has 1 nitrogen and oxygen atoms in total. The molecular weight excluding hydrogens is 364 g/mol. The molecule has 30 heavy (non-hydrogen) atoms. The predicted molar refractivity (Wildman–Crippen MR) is 130 cm³/mol. The molecule has 0 heterocycles. The molecule has 1 N–H and O–H groups in total. The quantitative estimate of drug-likeness (QED) is 0.484. The fourth-order valence-corrected chi connectivity index (χ4v) is 5.05. The fourth-order valence-electron chi connectivity index (χ4n) is 5.05. The molecule has 162 valence electrons. The van der Waals surface area contributed by atoms with Crippen LogP contribution >= 0.6 is 0 Å². The highest BCUT2D eigenvalue weighted by Gasteiger charge is 2.41. The van der Waals surface area contributed by atoms with E-state index in [4.69, 9.17) is 0 Å². The van der Waals surface area contributed by atoms with Crippen LogP contribution in [0.5, 0.6) is 5.75 Å². The number of fused-ring (bicyclic) bond motifs is 1. The number of hydrogen-bond acceptors (Lipinski definition) is 1. The van der Waals surface area contributed by atoms with E-state index < -0.39 is 0 Å². The smallest absolute Gasteiger partial charge is 0.116 e. The van der Waals surface area contributed by atoms with Crippen LogP contribution in [0.3, 0.4) is 0 Å². The van der Waals surface area contributed by atoms with Gasteiger partial charge in [0.2, 0.25) is 0 Å². The van der Waals surface area contributed by atoms with Gasteiger partial charge in [0.15, 0.2) is 0 Å². The molecule has 1 heteroatoms. The molecule has 1 aliphatic carbocycles. The minimum atomic E-state index is -0.0417. The first kappa shape index (κ1) is 22.7. The summed E-state index contributed by atoms with van der Waals surface area (Å²) >= 11 is 0. The second-order valence-electron chi connectivity index (χ2n) is 10.7. The van der Waals surface area contributed by atoms with Crippen molar-refractivity contribution in [1.29, 1.82) is 0 Å². The lowest BCUT2D eigenvalue weighted by Gasteiger charge is -2.44. The van der Waals surface area contributed by atoms with Crippen LogP contribution < -0.4 is 0 Å². The Kier molecular flexibility index (Phi) is 5.98. The highest BCUT2D eigenvalue weighted by Crippen LogP contribution is 2.51. The molecular formula is C29H40O. The molecule has 0 saturated heterocycles. The monoisotopic (exact) mass is 404 g/mol. The van der Waals surface area contributed by atoms with E-state index in [1.165, 1.54) is 27.8 Å². The van der Waals surface area contributed by atoms with Crippen molar-refractivity contribution in [2.75, 3.05) is 0 Å². The Morgan fingerprint density at radius 3 is 2.37 bits per heavy atom. The molecule has 2 aromatic rings. The predicted octanol–water partition coefficient (Wildman–Crippen LogP) is 7.94. The zero-order valence-corrected chi connectivity index (χ0v) is 20.1. The topological polar surface area (TPSA) is 20.2 Å². The standard InChI is InChI=1S/C29H40O/c1-9-27(4,5)22-14-12-20-13-15-25(29(8,11-3)26(20)19-22)21-16-23(18-24(30)17-21)28(6,7)10-2/h9,12,14,16-19,25,30H,1,10-11,13,15H2,2-8H3. The van der Waals surface area contributed by atoms with Crippen molar-refractivity contribution in [1.82, 2.24) is 0 Å². The second kappa shape index (κ2) is 7.91. The average molecular weight is 405 g/mol. The summed E-state index contributed by atoms with van der Waals surface area (Å²) in [5.74, 6) is 0.797. The molecule has 0 fully saturated rings. The van der Waals surface area contributed by atoms with Crippen molar-refractivity contribution in [2.45, 2.75) is 96.3 Å². The van der Waals surface area contributed by atoms with E-state index in [-0.39, 0.29) is 16.2 Å². The highest BCUT2D eigenvalue weighted by atomic mass is 16.3. The number of aromatic hydroxyl groups is 1. The van der Waals surface area contributed by atoms with Gasteiger partial charge >= 0.3 is 0 Å². The molecule has 1 aliphatic rings. The number of benzene rings is 2. The SMILES string of the molecule is C=CC(C)(C)c1ccc2c(c1)C(C)(CC)C(c1cc(O)cc(C(C)(C)CC)c1)CC2. The summed E-state index contributed by atoms with van der Waals surface area (Å²) in [7, 11) is 0. The third-order valence-electron chi connectivity index (χ3n) is 8.19. The van der Waals surface area contributed by atoms with E-state index in [9.17, 15) is 5.11 Å². The van der Waals surface area contributed by atoms with Crippen molar-refractivity contribution < 1.29 is 5.11 Å². The Morgan fingerprint density at radius 2 is 1.77 bits per heavy atom. The van der Waals surface area contributed by atoms with Crippen LogP contribution in [0.15, 0.2) is 49.1 Å². The Labute approximate surface area is 184 Å². The molecule has 2 unspecified atom stereocenters. The van der Waals surface area contributed by atoms with E-state index in [1.807, 2.05) is 18.2 Å². The minimum absolute atomic E-state index is 0.0417. The molecule has 2 atom stereocenters. The molecule has 0 radical (unpaired) electrons. The van der Waals surface area contributed by atoms with Crippen molar-refractivity contribution in [3.63, 3.8) is 0 Å². The van der Waals surface area contributed by atoms with Crippen LogP contribution in [-0.2, 0) is 22.7 Å². The van der Waals surface area contributed by atoms with Gasteiger partial charge in [-0.15, -0.1) is 6.58 Å². The molecule has 3 rings (SSSR count). The first-order valence-corrected chi connectivity index (χ1v) is 11.6. The summed E-state index contributed by atoms with van der Waals surface area (Å²) in [6.45, 7) is 20.0. The van der Waals surface area contributed by atoms with Crippen LogP contribution in [0.2, 0.25) is 0 Å². The molecule has 0 amide bonds. The van der Waals surface area contributed by atoms with Gasteiger partial charge in [0, 0.05) is 5.41 Å². The average Bonchev–Trinajstić information content (AvgIpc) is 2.73. The Morgan fingerprint density at radius 1 is 1.07 bits per heavy atom. The van der Waals surface area contributed by atoms with Crippen LogP contribution in [-0.4, -0.2) is 5.11 Å². The summed E-state index contributed by atoms with van der Waals surface area (Å²) in [5.41, 5.74) is 6.88. The van der Waals surface area contributed by atoms with Crippen molar-refractivity contribution in [3.8, 4) is 5.75 Å². The second-order valence-corrected chi connectivity index (χ2v) is 10.7. The normalized spacial score (nSPS) is 21.9. The van der Waals surface area contributed by atoms with Crippen LogP contribution in [0.1, 0.15) is 101 Å². The van der Waals surface area contributed by atoms with E-state index in [0.717, 1.165) is 25.7 Å². The third kappa shape index (κ3) is 3.84. The summed E-state index contributed by atoms with van der Waals surface area (Å²) in [6, 6.07) is 13.4. The lowest BCUT2D eigenvalue weighted by atomic mass is 9.60. The van der Waals surface area contributed by atoms with Crippen molar-refractivity contribution in [2.24, 2.45) is 0 Å². The Bertz CT molecular complexity index is 933. The molecule has 0 saturated carbocycles. The number of phenols is 1. The Hall–Kier alpha value is -2.02. The molecule has 0 aromatic heterocycles. The van der Waals surface area contributed by atoms with Crippen molar-refractivity contribution in [3.05, 3.63) is 76.9 Å². The maximum Gasteiger partial charge on any atom is 0.116 e. The van der Waals surface area contributed by atoms with Crippen LogP contribution in [0.25, 0.3) is 0 Å². The summed E-state index contributed by atoms with van der Waals surface area (Å²) < 4.78 is 0. The van der Waals surface area contributed by atoms with Gasteiger partial charge in [-0.25, -0.2) is 0 Å². The number of aryl methyl sites for hydroxylation is 1. The Balaban J connectivity index is 2.14. The van der Waals surface area contributed by atoms with Gasteiger partial charge in [0.05, 0.1) is 0 Å². The lowest BCUT2D eigenvalue weighted by molar-refractivity contribution is 0.321. The minimum Gasteiger partial charge on any atom is -0.508 e. The van der Waals surface area contributed by atoms with Gasteiger partial charge in [-0.2, -0.15) is 0 Å². The largest absolute Gasteiger partial charge is 0.508 e. The van der Waals surface area contributed by atoms with E-state index in [2.05, 4.69) is 79.3 Å². The molecule has 0 aliphatic heterocycles. The van der Waals surface area contributed by atoms with E-state index in [1.54, 1.807) is 0 Å². The van der Waals surface area contributed by atoms with E-state index in [0.29, 0.717) is 11.7 Å². The summed E-state index contributed by atoms with van der Waals surface area (Å²) in [6.07, 6.45) is 6.38. The van der Waals surface area contributed by atoms with Gasteiger partial charge in [-0.1, -0.05) is 78.8 Å². The number of hydrogen-bond donors (Lipinski definition) is 1. The fraction of sp³-hybridized carbons (Fsp3) is 0.517. The van der Waals surface area contributed by atoms with Gasteiger partial charge in [0.25, 0.3) is 0 Å². The number of phenolic OH excluding ortho intramolecular Hbond substituents is 1. The summed E-state index contributed by atoms with van der Waals surface area (Å²) in [5, 5.41) is 10.6.